The Balaban J connectivity index is 1.09. The van der Waals surface area contributed by atoms with Crippen LogP contribution in [0, 0.1) is 5.82 Å². The molecular formula is C28H25F4N5O5. The predicted octanol–water partition coefficient (Wildman–Crippen LogP) is 2.30. The third-order valence-electron chi connectivity index (χ3n) is 7.82. The molecule has 6 rings (SSSR count). The van der Waals surface area contributed by atoms with E-state index in [1.54, 1.807) is 6.07 Å². The van der Waals surface area contributed by atoms with Crippen LogP contribution in [0.2, 0.25) is 0 Å². The second-order valence-electron chi connectivity index (χ2n) is 10.7. The Hall–Kier alpha value is -4.14. The molecule has 0 spiro atoms. The SMILES string of the molecule is O=C(Oc1cccc2cc(CNC3CCN(C[C@]4(O)Cn5c(=O)ccc6ncc(F)c4c65)CC3)[nH]c(=O)c12)C(F)(F)F. The molecule has 5 heterocycles. The van der Waals surface area contributed by atoms with Crippen molar-refractivity contribution in [2.24, 2.45) is 0 Å². The number of benzene rings is 1. The molecule has 0 aliphatic carbocycles. The molecule has 1 atom stereocenters. The van der Waals surface area contributed by atoms with Crippen LogP contribution in [0.5, 0.6) is 5.75 Å². The van der Waals surface area contributed by atoms with Gasteiger partial charge in [-0.2, -0.15) is 13.2 Å². The number of nitrogens with one attached hydrogen (secondary N) is 2. The molecule has 0 unspecified atom stereocenters. The van der Waals surface area contributed by atoms with Gasteiger partial charge in [-0.1, -0.05) is 12.1 Å². The van der Waals surface area contributed by atoms with E-state index in [0.29, 0.717) is 48.0 Å². The molecule has 1 saturated heterocycles. The van der Waals surface area contributed by atoms with Crippen LogP contribution in [-0.4, -0.2) is 62.4 Å². The number of alkyl halides is 3. The van der Waals surface area contributed by atoms with Crippen molar-refractivity contribution in [3.05, 3.63) is 80.4 Å². The summed E-state index contributed by atoms with van der Waals surface area (Å²) in [6, 6.07) is 8.58. The number of carbonyl (C=O) groups is 1. The minimum Gasteiger partial charge on any atom is -0.419 e. The van der Waals surface area contributed by atoms with E-state index in [9.17, 15) is 37.1 Å². The van der Waals surface area contributed by atoms with Crippen molar-refractivity contribution in [3.8, 4) is 5.75 Å². The molecular weight excluding hydrogens is 562 g/mol. The van der Waals surface area contributed by atoms with E-state index >= 15 is 0 Å². The minimum atomic E-state index is -5.20. The lowest BCUT2D eigenvalue weighted by Crippen LogP contribution is -2.48. The van der Waals surface area contributed by atoms with Crippen LogP contribution in [0.3, 0.4) is 0 Å². The first-order valence-corrected chi connectivity index (χ1v) is 13.2. The number of hydrogen-bond acceptors (Lipinski definition) is 8. The first kappa shape index (κ1) is 28.0. The quantitative estimate of drug-likeness (QED) is 0.178. The number of pyridine rings is 3. The number of likely N-dealkylation sites (tertiary alicyclic amines) is 1. The van der Waals surface area contributed by atoms with E-state index in [2.05, 4.69) is 20.0 Å². The molecule has 4 aromatic rings. The molecule has 1 fully saturated rings. The largest absolute Gasteiger partial charge is 0.491 e. The number of aromatic amines is 1. The third-order valence-corrected chi connectivity index (χ3v) is 7.82. The Kier molecular flexibility index (Phi) is 6.86. The maximum Gasteiger partial charge on any atom is 0.491 e. The minimum absolute atomic E-state index is 0.0573. The molecule has 2 aliphatic heterocycles. The molecule has 2 aliphatic rings. The first-order chi connectivity index (χ1) is 19.9. The number of carbonyl (C=O) groups excluding carboxylic acids is 1. The fourth-order valence-electron chi connectivity index (χ4n) is 5.91. The van der Waals surface area contributed by atoms with E-state index in [0.717, 1.165) is 12.3 Å². The Labute approximate surface area is 234 Å². The van der Waals surface area contributed by atoms with Crippen LogP contribution < -0.4 is 21.2 Å². The number of nitrogens with zero attached hydrogens (tertiary/aromatic N) is 3. The van der Waals surface area contributed by atoms with Crippen molar-refractivity contribution < 1.29 is 32.2 Å². The summed E-state index contributed by atoms with van der Waals surface area (Å²) < 4.78 is 58.5. The van der Waals surface area contributed by atoms with E-state index in [1.807, 2.05) is 4.90 Å². The van der Waals surface area contributed by atoms with Crippen molar-refractivity contribution in [1.82, 2.24) is 24.8 Å². The van der Waals surface area contributed by atoms with Gasteiger partial charge in [-0.25, -0.2) is 9.18 Å². The summed E-state index contributed by atoms with van der Waals surface area (Å²) in [6.45, 7) is 1.51. The van der Waals surface area contributed by atoms with Gasteiger partial charge in [0.05, 0.1) is 34.7 Å². The number of H-pyrrole nitrogens is 1. The van der Waals surface area contributed by atoms with Gasteiger partial charge in [-0.05, 0) is 49.5 Å². The van der Waals surface area contributed by atoms with Crippen molar-refractivity contribution in [1.29, 1.82) is 0 Å². The number of β-amino-alcohol motifs (C(OH)–C–C–N with tert-alkyl or cyclic N) is 1. The van der Waals surface area contributed by atoms with Gasteiger partial charge in [-0.3, -0.25) is 19.5 Å². The van der Waals surface area contributed by atoms with Crippen LogP contribution in [0.1, 0.15) is 24.1 Å². The maximum absolute atomic E-state index is 14.9. The Bertz CT molecular complexity index is 1830. The van der Waals surface area contributed by atoms with E-state index < -0.39 is 34.9 Å². The zero-order valence-corrected chi connectivity index (χ0v) is 22.0. The number of halogens is 4. The summed E-state index contributed by atoms with van der Waals surface area (Å²) in [5.41, 5.74) is -1.27. The molecule has 0 bridgehead atoms. The van der Waals surface area contributed by atoms with Crippen LogP contribution in [0.25, 0.3) is 21.8 Å². The van der Waals surface area contributed by atoms with Crippen LogP contribution in [-0.2, 0) is 23.5 Å². The van der Waals surface area contributed by atoms with Gasteiger partial charge >= 0.3 is 12.1 Å². The highest BCUT2D eigenvalue weighted by Gasteiger charge is 2.43. The summed E-state index contributed by atoms with van der Waals surface area (Å²) in [6.07, 6.45) is -2.76. The number of piperidine rings is 1. The average Bonchev–Trinajstić information content (AvgIpc) is 3.25. The molecule has 3 N–H and O–H groups in total. The number of hydrogen-bond donors (Lipinski definition) is 3. The highest BCUT2D eigenvalue weighted by molar-refractivity contribution is 5.90. The lowest BCUT2D eigenvalue weighted by Gasteiger charge is -2.37. The van der Waals surface area contributed by atoms with E-state index in [1.165, 1.54) is 28.8 Å². The van der Waals surface area contributed by atoms with Crippen molar-refractivity contribution in [2.75, 3.05) is 19.6 Å². The highest BCUT2D eigenvalue weighted by Crippen LogP contribution is 2.38. The number of fused-ring (bicyclic) bond motifs is 1. The number of rotatable bonds is 6. The van der Waals surface area contributed by atoms with Gasteiger partial charge in [0.2, 0.25) is 0 Å². The number of esters is 1. The molecule has 1 aromatic carbocycles. The third kappa shape index (κ3) is 5.05. The normalized spacial score (nSPS) is 19.5. The average molecular weight is 588 g/mol. The van der Waals surface area contributed by atoms with Gasteiger partial charge in [0.25, 0.3) is 11.1 Å². The second kappa shape index (κ2) is 10.3. The Morgan fingerprint density at radius 3 is 2.69 bits per heavy atom. The molecule has 14 heteroatoms. The smallest absolute Gasteiger partial charge is 0.419 e. The molecule has 3 aromatic heterocycles. The van der Waals surface area contributed by atoms with Gasteiger partial charge in [0.15, 0.2) is 0 Å². The standard InChI is InChI=1S/C28H25F4N5O5/c29-18-12-34-19-4-5-21(38)37-14-27(41,23(18)24(19)37)13-36-8-6-16(7-9-36)33-11-17-10-15-2-1-3-20(22(15)25(39)35-17)42-26(40)28(30,31)32/h1-5,10,12,16,33,41H,6-9,11,13-14H2,(H,35,39)/t27-/m0/s1. The summed E-state index contributed by atoms with van der Waals surface area (Å²) in [5.74, 6) is -3.55. The fraction of sp³-hybridized carbons (Fsp3) is 0.357. The molecule has 42 heavy (non-hydrogen) atoms. The van der Waals surface area contributed by atoms with Gasteiger partial charge in [0.1, 0.15) is 17.2 Å². The second-order valence-corrected chi connectivity index (χ2v) is 10.7. The first-order valence-electron chi connectivity index (χ1n) is 13.2. The zero-order chi connectivity index (χ0) is 29.8. The molecule has 0 amide bonds. The zero-order valence-electron chi connectivity index (χ0n) is 22.0. The predicted molar refractivity (Wildman–Crippen MR) is 142 cm³/mol. The van der Waals surface area contributed by atoms with E-state index in [-0.39, 0.29) is 42.2 Å². The topological polar surface area (TPSA) is 130 Å². The number of ether oxygens (including phenoxy) is 1. The summed E-state index contributed by atoms with van der Waals surface area (Å²) >= 11 is 0. The lowest BCUT2D eigenvalue weighted by atomic mass is 9.93. The maximum atomic E-state index is 14.9. The molecule has 0 saturated carbocycles. The van der Waals surface area contributed by atoms with Crippen molar-refractivity contribution in [3.63, 3.8) is 0 Å². The van der Waals surface area contributed by atoms with Crippen LogP contribution >= 0.6 is 0 Å². The fourth-order valence-corrected chi connectivity index (χ4v) is 5.91. The van der Waals surface area contributed by atoms with Gasteiger partial charge in [0, 0.05) is 30.9 Å². The van der Waals surface area contributed by atoms with Crippen LogP contribution in [0.4, 0.5) is 17.6 Å². The van der Waals surface area contributed by atoms with Gasteiger partial charge in [-0.15, -0.1) is 0 Å². The summed E-state index contributed by atoms with van der Waals surface area (Å²) in [4.78, 5) is 45.1. The Morgan fingerprint density at radius 1 is 1.19 bits per heavy atom. The highest BCUT2D eigenvalue weighted by atomic mass is 19.4. The van der Waals surface area contributed by atoms with E-state index in [4.69, 9.17) is 0 Å². The van der Waals surface area contributed by atoms with Gasteiger partial charge < -0.3 is 24.7 Å². The summed E-state index contributed by atoms with van der Waals surface area (Å²) in [7, 11) is 0. The van der Waals surface area contributed by atoms with Crippen LogP contribution in [0.15, 0.2) is 52.2 Å². The molecule has 0 radical (unpaired) electrons. The molecule has 220 valence electrons. The summed E-state index contributed by atoms with van der Waals surface area (Å²) in [5, 5.41) is 15.0. The number of aliphatic hydroxyl groups is 1. The van der Waals surface area contributed by atoms with Crippen molar-refractivity contribution in [2.45, 2.75) is 43.8 Å². The molecule has 10 nitrogen and oxygen atoms in total. The number of aromatic nitrogens is 3. The Morgan fingerprint density at radius 2 is 1.95 bits per heavy atom. The monoisotopic (exact) mass is 587 g/mol. The lowest BCUT2D eigenvalue weighted by molar-refractivity contribution is -0.189. The van der Waals surface area contributed by atoms with Crippen molar-refractivity contribution >= 4 is 27.8 Å².